The van der Waals surface area contributed by atoms with Crippen LogP contribution in [0.1, 0.15) is 60.4 Å². The second-order valence-electron chi connectivity index (χ2n) is 13.3. The molecule has 5 atom stereocenters. The van der Waals surface area contributed by atoms with Gasteiger partial charge in [0, 0.05) is 28.4 Å². The van der Waals surface area contributed by atoms with Gasteiger partial charge in [-0.3, -0.25) is 9.59 Å². The number of carbonyl (C=O) groups is 2. The van der Waals surface area contributed by atoms with E-state index in [2.05, 4.69) is 114 Å². The first-order valence-corrected chi connectivity index (χ1v) is 18.3. The highest BCUT2D eigenvalue weighted by Gasteiger charge is 2.74. The topological polar surface area (TPSA) is 58.2 Å². The Kier molecular flexibility index (Phi) is 7.11. The fourth-order valence-corrected chi connectivity index (χ4v) is 11.5. The zero-order chi connectivity index (χ0) is 33.1. The normalized spacial score (nSPS) is 22.4. The summed E-state index contributed by atoms with van der Waals surface area (Å²) < 4.78 is 0. The van der Waals surface area contributed by atoms with Crippen LogP contribution in [0.3, 0.4) is 0 Å². The zero-order valence-electron chi connectivity index (χ0n) is 27.1. The van der Waals surface area contributed by atoms with E-state index >= 15 is 0 Å². The summed E-state index contributed by atoms with van der Waals surface area (Å²) in [6.07, 6.45) is 0. The van der Waals surface area contributed by atoms with Gasteiger partial charge in [0.2, 0.25) is 0 Å². The summed E-state index contributed by atoms with van der Waals surface area (Å²) in [5, 5.41) is 10.5. The van der Waals surface area contributed by atoms with E-state index in [0.29, 0.717) is 11.1 Å². The monoisotopic (exact) mass is 654 g/mol. The van der Waals surface area contributed by atoms with Crippen LogP contribution < -0.4 is 26.5 Å². The number of fused-ring (bicyclic) bond motifs is 4. The van der Waals surface area contributed by atoms with Crippen molar-refractivity contribution in [3.63, 3.8) is 0 Å². The van der Waals surface area contributed by atoms with E-state index < -0.39 is 7.92 Å². The highest BCUT2D eigenvalue weighted by atomic mass is 31.1. The minimum Gasteiger partial charge on any atom is -0.347 e. The summed E-state index contributed by atoms with van der Waals surface area (Å²) in [6.45, 7) is 1.97. The second kappa shape index (κ2) is 11.7. The van der Waals surface area contributed by atoms with Gasteiger partial charge in [-0.05, 0) is 70.7 Å². The van der Waals surface area contributed by atoms with Gasteiger partial charge < -0.3 is 10.6 Å². The lowest BCUT2D eigenvalue weighted by Crippen LogP contribution is -2.54. The van der Waals surface area contributed by atoms with E-state index in [1.54, 1.807) is 0 Å². The van der Waals surface area contributed by atoms with Crippen LogP contribution in [-0.2, 0) is 5.41 Å². The fraction of sp³-hybridized carbons (Fsp3) is 0.136. The van der Waals surface area contributed by atoms with Gasteiger partial charge in [-0.2, -0.15) is 0 Å². The predicted octanol–water partition coefficient (Wildman–Crippen LogP) is 6.84. The Balaban J connectivity index is 1.15. The van der Waals surface area contributed by atoms with Crippen molar-refractivity contribution >= 4 is 35.6 Å². The number of carbonyl (C=O) groups excluding carboxylic acids is 2. The molecule has 3 aliphatic carbocycles. The quantitative estimate of drug-likeness (QED) is 0.185. The van der Waals surface area contributed by atoms with Crippen LogP contribution in [-0.4, -0.2) is 23.9 Å². The van der Waals surface area contributed by atoms with Crippen LogP contribution in [0.2, 0.25) is 0 Å². The number of aryl methyl sites for hydroxylation is 1. The molecule has 1 saturated carbocycles. The van der Waals surface area contributed by atoms with Crippen molar-refractivity contribution in [2.75, 3.05) is 0 Å². The maximum absolute atomic E-state index is 14.8. The lowest BCUT2D eigenvalue weighted by Gasteiger charge is -2.58. The van der Waals surface area contributed by atoms with E-state index in [1.807, 2.05) is 61.5 Å². The summed E-state index contributed by atoms with van der Waals surface area (Å²) in [5.41, 5.74) is 7.14. The Morgan fingerprint density at radius 3 is 1.49 bits per heavy atom. The SMILES string of the molecule is Cc1ccccc1C(=O)NC1C(NC(=O)c2ccccc2P(c2ccccc2)c2ccccc2)[C@H]2c3ccccc3[C@@]23c2ccccc2[C@@H]13. The van der Waals surface area contributed by atoms with Gasteiger partial charge in [0.25, 0.3) is 11.8 Å². The highest BCUT2D eigenvalue weighted by Crippen LogP contribution is 2.75. The number of amides is 2. The lowest BCUT2D eigenvalue weighted by molar-refractivity contribution is 0.0885. The Morgan fingerprint density at radius 1 is 0.510 bits per heavy atom. The molecule has 2 amide bonds. The molecule has 2 unspecified atom stereocenters. The molecular weight excluding hydrogens is 619 g/mol. The molecule has 0 heterocycles. The van der Waals surface area contributed by atoms with Gasteiger partial charge in [0.1, 0.15) is 0 Å². The first kappa shape index (κ1) is 29.8. The van der Waals surface area contributed by atoms with Crippen LogP contribution in [0.4, 0.5) is 0 Å². The molecule has 0 aromatic heterocycles. The van der Waals surface area contributed by atoms with Gasteiger partial charge in [-0.1, -0.05) is 146 Å². The molecule has 0 saturated heterocycles. The van der Waals surface area contributed by atoms with E-state index in [1.165, 1.54) is 32.9 Å². The molecule has 6 aromatic carbocycles. The second-order valence-corrected chi connectivity index (χ2v) is 15.5. The molecule has 49 heavy (non-hydrogen) atoms. The van der Waals surface area contributed by atoms with Crippen molar-refractivity contribution in [1.82, 2.24) is 10.6 Å². The number of hydrogen-bond acceptors (Lipinski definition) is 2. The van der Waals surface area contributed by atoms with E-state index in [4.69, 9.17) is 0 Å². The molecule has 3 aliphatic rings. The van der Waals surface area contributed by atoms with Crippen molar-refractivity contribution < 1.29 is 9.59 Å². The Morgan fingerprint density at radius 2 is 0.939 bits per heavy atom. The smallest absolute Gasteiger partial charge is 0.252 e. The summed E-state index contributed by atoms with van der Waals surface area (Å²) >= 11 is 0. The fourth-order valence-electron chi connectivity index (χ4n) is 9.08. The maximum Gasteiger partial charge on any atom is 0.252 e. The number of nitrogens with one attached hydrogen (secondary N) is 2. The molecule has 0 aliphatic heterocycles. The summed E-state index contributed by atoms with van der Waals surface area (Å²) in [4.78, 5) is 28.9. The van der Waals surface area contributed by atoms with Crippen molar-refractivity contribution in [3.8, 4) is 0 Å². The average molecular weight is 655 g/mol. The molecule has 238 valence electrons. The largest absolute Gasteiger partial charge is 0.347 e. The Hall–Kier alpha value is -5.31. The minimum absolute atomic E-state index is 0.0339. The first-order valence-electron chi connectivity index (χ1n) is 16.9. The average Bonchev–Trinajstić information content (AvgIpc) is 3.32. The Bertz CT molecular complexity index is 2200. The van der Waals surface area contributed by atoms with Crippen LogP contribution in [0.25, 0.3) is 0 Å². The lowest BCUT2D eigenvalue weighted by atomic mass is 9.43. The molecule has 4 nitrogen and oxygen atoms in total. The summed E-state index contributed by atoms with van der Waals surface area (Å²) in [5.74, 6) is -0.140. The third-order valence-corrected chi connectivity index (χ3v) is 13.5. The van der Waals surface area contributed by atoms with Crippen LogP contribution in [0.5, 0.6) is 0 Å². The first-order chi connectivity index (χ1) is 24.1. The molecule has 0 radical (unpaired) electrons. The standard InChI is InChI=1S/C44H35N2O2P/c1-28-16-8-9-21-31(28)42(47)45-40-38-32-22-10-13-25-35(32)44(38)36-26-14-11-23-33(36)39(44)41(40)46-43(48)34-24-12-15-27-37(34)49(29-17-4-2-5-18-29)30-19-6-3-7-20-30/h2-27,38-41H,1H3,(H,45,47)(H,46,48)/t38-,39+,40?,41?,44+/m0/s1. The number of benzene rings is 6. The number of hydrogen-bond donors (Lipinski definition) is 2. The van der Waals surface area contributed by atoms with Gasteiger partial charge >= 0.3 is 0 Å². The Labute approximate surface area is 288 Å². The predicted molar refractivity (Wildman–Crippen MR) is 198 cm³/mol. The molecule has 1 spiro atoms. The minimum atomic E-state index is -0.999. The third-order valence-electron chi connectivity index (χ3n) is 11.0. The van der Waals surface area contributed by atoms with Crippen LogP contribution in [0, 0.1) is 6.92 Å². The molecule has 2 N–H and O–H groups in total. The molecular formula is C44H35N2O2P. The molecule has 6 aromatic rings. The molecule has 0 bridgehead atoms. The van der Waals surface area contributed by atoms with E-state index in [-0.39, 0.29) is 41.1 Å². The van der Waals surface area contributed by atoms with Crippen LogP contribution >= 0.6 is 7.92 Å². The molecule has 1 fully saturated rings. The van der Waals surface area contributed by atoms with Gasteiger partial charge in [-0.25, -0.2) is 0 Å². The van der Waals surface area contributed by atoms with Crippen molar-refractivity contribution in [3.05, 3.63) is 197 Å². The van der Waals surface area contributed by atoms with Crippen molar-refractivity contribution in [2.24, 2.45) is 0 Å². The van der Waals surface area contributed by atoms with Gasteiger partial charge in [0.15, 0.2) is 0 Å². The highest BCUT2D eigenvalue weighted by molar-refractivity contribution is 7.80. The van der Waals surface area contributed by atoms with Gasteiger partial charge in [-0.15, -0.1) is 0 Å². The zero-order valence-corrected chi connectivity index (χ0v) is 28.0. The van der Waals surface area contributed by atoms with Gasteiger partial charge in [0.05, 0.1) is 12.1 Å². The van der Waals surface area contributed by atoms with Crippen molar-refractivity contribution in [1.29, 1.82) is 0 Å². The maximum atomic E-state index is 14.8. The number of rotatable bonds is 7. The van der Waals surface area contributed by atoms with Crippen molar-refractivity contribution in [2.45, 2.75) is 36.3 Å². The molecule has 5 heteroatoms. The van der Waals surface area contributed by atoms with E-state index in [9.17, 15) is 9.59 Å². The summed E-state index contributed by atoms with van der Waals surface area (Å²) in [7, 11) is -0.999. The van der Waals surface area contributed by atoms with E-state index in [0.717, 1.165) is 10.9 Å². The third kappa shape index (κ3) is 4.40. The van der Waals surface area contributed by atoms with Crippen LogP contribution in [0.15, 0.2) is 158 Å². The molecule has 9 rings (SSSR count). The summed E-state index contributed by atoms with van der Waals surface area (Å²) in [6, 6.07) is 53.4.